The number of hydrogen-bond acceptors (Lipinski definition) is 8. The molecule has 8 nitrogen and oxygen atoms in total. The van der Waals surface area contributed by atoms with Crippen molar-refractivity contribution in [3.05, 3.63) is 53.9 Å². The van der Waals surface area contributed by atoms with Crippen molar-refractivity contribution >= 4 is 17.3 Å². The number of hydrogen-bond donors (Lipinski definition) is 3. The van der Waals surface area contributed by atoms with Gasteiger partial charge in [-0.05, 0) is 18.9 Å². The summed E-state index contributed by atoms with van der Waals surface area (Å²) >= 11 is 0. The SMILES string of the molecule is COc1cc(F)cc(F)c1-c1nccc(Nc2cc(N3CCC[C@H](N)C3)c(C#CCCO)cn2)n1. The Bertz CT molecular complexity index is 1260. The minimum atomic E-state index is -0.827. The van der Waals surface area contributed by atoms with Gasteiger partial charge in [-0.2, -0.15) is 0 Å². The monoisotopic (exact) mass is 480 g/mol. The van der Waals surface area contributed by atoms with Crippen LogP contribution in [0.15, 0.2) is 36.7 Å². The Morgan fingerprint density at radius 3 is 2.89 bits per heavy atom. The van der Waals surface area contributed by atoms with E-state index in [1.165, 1.54) is 13.3 Å². The van der Waals surface area contributed by atoms with E-state index in [0.717, 1.165) is 42.8 Å². The van der Waals surface area contributed by atoms with Crippen molar-refractivity contribution in [2.75, 3.05) is 37.0 Å². The van der Waals surface area contributed by atoms with Crippen LogP contribution in [0, 0.1) is 23.5 Å². The Morgan fingerprint density at radius 2 is 2.11 bits per heavy atom. The molecule has 0 aliphatic carbocycles. The van der Waals surface area contributed by atoms with Crippen LogP contribution in [0.4, 0.5) is 26.1 Å². The molecular weight excluding hydrogens is 454 g/mol. The van der Waals surface area contributed by atoms with E-state index in [0.29, 0.717) is 24.6 Å². The third kappa shape index (κ3) is 5.82. The van der Waals surface area contributed by atoms with Crippen LogP contribution in [0.2, 0.25) is 0 Å². The lowest BCUT2D eigenvalue weighted by atomic mass is 10.0. The predicted octanol–water partition coefficient (Wildman–Crippen LogP) is 3.23. The normalized spacial score (nSPS) is 15.3. The second-order valence-electron chi connectivity index (χ2n) is 8.07. The van der Waals surface area contributed by atoms with Crippen LogP contribution in [0.1, 0.15) is 24.8 Å². The van der Waals surface area contributed by atoms with Gasteiger partial charge in [0.2, 0.25) is 0 Å². The first-order valence-electron chi connectivity index (χ1n) is 11.2. The molecule has 1 aromatic carbocycles. The highest BCUT2D eigenvalue weighted by molar-refractivity contribution is 5.69. The van der Waals surface area contributed by atoms with E-state index in [4.69, 9.17) is 15.6 Å². The summed E-state index contributed by atoms with van der Waals surface area (Å²) in [6.45, 7) is 1.52. The van der Waals surface area contributed by atoms with E-state index < -0.39 is 11.6 Å². The number of rotatable bonds is 6. The summed E-state index contributed by atoms with van der Waals surface area (Å²) in [4.78, 5) is 15.1. The molecule has 0 radical (unpaired) electrons. The number of benzene rings is 1. The van der Waals surface area contributed by atoms with Crippen LogP contribution in [0.25, 0.3) is 11.4 Å². The van der Waals surface area contributed by atoms with Crippen molar-refractivity contribution in [3.8, 4) is 29.0 Å². The van der Waals surface area contributed by atoms with Gasteiger partial charge >= 0.3 is 0 Å². The first-order chi connectivity index (χ1) is 17.0. The number of nitrogens with zero attached hydrogens (tertiary/aromatic N) is 4. The smallest absolute Gasteiger partial charge is 0.168 e. The Hall–Kier alpha value is -3.81. The van der Waals surface area contributed by atoms with Crippen molar-refractivity contribution in [2.45, 2.75) is 25.3 Å². The van der Waals surface area contributed by atoms with Crippen LogP contribution in [-0.2, 0) is 0 Å². The van der Waals surface area contributed by atoms with Gasteiger partial charge in [0.25, 0.3) is 0 Å². The summed E-state index contributed by atoms with van der Waals surface area (Å²) in [5.41, 5.74) is 7.76. The largest absolute Gasteiger partial charge is 0.496 e. The van der Waals surface area contributed by atoms with Crippen molar-refractivity contribution < 1.29 is 18.6 Å². The minimum Gasteiger partial charge on any atom is -0.496 e. The van der Waals surface area contributed by atoms with Gasteiger partial charge in [0.15, 0.2) is 5.82 Å². The number of nitrogens with one attached hydrogen (secondary N) is 1. The molecule has 4 rings (SSSR count). The molecule has 3 aromatic rings. The number of anilines is 3. The van der Waals surface area contributed by atoms with Gasteiger partial charge in [-0.15, -0.1) is 0 Å². The van der Waals surface area contributed by atoms with Crippen molar-refractivity contribution in [2.24, 2.45) is 5.73 Å². The second-order valence-corrected chi connectivity index (χ2v) is 8.07. The fraction of sp³-hybridized carbons (Fsp3) is 0.320. The maximum atomic E-state index is 14.5. The van der Waals surface area contributed by atoms with Crippen LogP contribution in [0.3, 0.4) is 0 Å². The molecule has 0 bridgehead atoms. The number of aliphatic hydroxyl groups is 1. The molecule has 1 aliphatic rings. The molecule has 3 heterocycles. The van der Waals surface area contributed by atoms with E-state index in [1.54, 1.807) is 12.3 Å². The van der Waals surface area contributed by atoms with Gasteiger partial charge in [-0.25, -0.2) is 23.7 Å². The molecule has 182 valence electrons. The summed E-state index contributed by atoms with van der Waals surface area (Å²) < 4.78 is 33.3. The molecule has 2 aromatic heterocycles. The van der Waals surface area contributed by atoms with Gasteiger partial charge in [0.1, 0.15) is 29.0 Å². The van der Waals surface area contributed by atoms with Gasteiger partial charge in [-0.1, -0.05) is 11.8 Å². The van der Waals surface area contributed by atoms with E-state index in [9.17, 15) is 8.78 Å². The molecule has 4 N–H and O–H groups in total. The zero-order chi connectivity index (χ0) is 24.8. The van der Waals surface area contributed by atoms with Gasteiger partial charge < -0.3 is 25.8 Å². The topological polar surface area (TPSA) is 109 Å². The first kappa shape index (κ1) is 24.3. The Kier molecular flexibility index (Phi) is 7.70. The Balaban J connectivity index is 1.66. The molecule has 0 amide bonds. The van der Waals surface area contributed by atoms with Crippen molar-refractivity contribution in [1.82, 2.24) is 15.0 Å². The van der Waals surface area contributed by atoms with Gasteiger partial charge in [-0.3, -0.25) is 0 Å². The number of piperidine rings is 1. The number of aromatic nitrogens is 3. The first-order valence-corrected chi connectivity index (χ1v) is 11.2. The van der Waals surface area contributed by atoms with Crippen LogP contribution < -0.4 is 20.7 Å². The molecule has 1 saturated heterocycles. The second kappa shape index (κ2) is 11.1. The summed E-state index contributed by atoms with van der Waals surface area (Å²) in [6.07, 6.45) is 5.42. The van der Waals surface area contributed by atoms with E-state index in [2.05, 4.69) is 37.0 Å². The molecule has 0 spiro atoms. The van der Waals surface area contributed by atoms with Crippen LogP contribution >= 0.6 is 0 Å². The molecule has 35 heavy (non-hydrogen) atoms. The van der Waals surface area contributed by atoms with Gasteiger partial charge in [0, 0.05) is 56.1 Å². The number of aliphatic hydroxyl groups excluding tert-OH is 1. The maximum absolute atomic E-state index is 14.5. The van der Waals surface area contributed by atoms with Crippen molar-refractivity contribution in [1.29, 1.82) is 0 Å². The minimum absolute atomic E-state index is 0.00712. The lowest BCUT2D eigenvalue weighted by Crippen LogP contribution is -2.43. The molecule has 1 fully saturated rings. The lowest BCUT2D eigenvalue weighted by Gasteiger charge is -2.33. The Labute approximate surface area is 202 Å². The number of methoxy groups -OCH3 is 1. The quantitative estimate of drug-likeness (QED) is 0.462. The van der Waals surface area contributed by atoms with E-state index in [1.807, 2.05) is 6.07 Å². The van der Waals surface area contributed by atoms with Gasteiger partial charge in [0.05, 0.1) is 30.5 Å². The number of pyridine rings is 1. The standard InChI is InChI=1S/C25H26F2N6O2/c1-35-21-12-17(26)11-19(27)24(21)25-29-8-7-22(32-25)31-23-13-20(33-9-4-6-18(28)15-33)16(14-30-23)5-2-3-10-34/h7-8,11-14,18,34H,3-4,6,9-10,15,28H2,1H3,(H,29,30,31,32)/t18-/m0/s1. The molecular formula is C25H26F2N6O2. The van der Waals surface area contributed by atoms with E-state index in [-0.39, 0.29) is 29.8 Å². The third-order valence-corrected chi connectivity index (χ3v) is 5.51. The third-order valence-electron chi connectivity index (χ3n) is 5.51. The molecule has 0 saturated carbocycles. The summed E-state index contributed by atoms with van der Waals surface area (Å²) in [7, 11) is 1.32. The Morgan fingerprint density at radius 1 is 1.26 bits per heavy atom. The van der Waals surface area contributed by atoms with Crippen LogP contribution in [-0.4, -0.2) is 52.9 Å². The number of halogens is 2. The van der Waals surface area contributed by atoms with Crippen LogP contribution in [0.5, 0.6) is 5.75 Å². The summed E-state index contributed by atoms with van der Waals surface area (Å²) in [5, 5.41) is 12.2. The number of nitrogens with two attached hydrogens (primary N) is 1. The highest BCUT2D eigenvalue weighted by Crippen LogP contribution is 2.32. The maximum Gasteiger partial charge on any atom is 0.168 e. The van der Waals surface area contributed by atoms with E-state index >= 15 is 0 Å². The zero-order valence-electron chi connectivity index (χ0n) is 19.3. The number of ether oxygens (including phenoxy) is 1. The molecule has 1 aliphatic heterocycles. The molecule has 0 unspecified atom stereocenters. The average molecular weight is 481 g/mol. The average Bonchev–Trinajstić information content (AvgIpc) is 2.84. The fourth-order valence-corrected chi connectivity index (χ4v) is 3.92. The lowest BCUT2D eigenvalue weighted by molar-refractivity contribution is 0.305. The molecule has 1 atom stereocenters. The highest BCUT2D eigenvalue weighted by atomic mass is 19.1. The zero-order valence-corrected chi connectivity index (χ0v) is 19.3. The predicted molar refractivity (Wildman–Crippen MR) is 129 cm³/mol. The molecule has 10 heteroatoms. The fourth-order valence-electron chi connectivity index (χ4n) is 3.92. The van der Waals surface area contributed by atoms with Crippen molar-refractivity contribution in [3.63, 3.8) is 0 Å². The highest BCUT2D eigenvalue weighted by Gasteiger charge is 2.21. The summed E-state index contributed by atoms with van der Waals surface area (Å²) in [5.74, 6) is 5.34. The summed E-state index contributed by atoms with van der Waals surface area (Å²) in [6, 6.07) is 5.38.